The van der Waals surface area contributed by atoms with Crippen molar-refractivity contribution in [1.29, 1.82) is 0 Å². The van der Waals surface area contributed by atoms with Crippen molar-refractivity contribution in [2.45, 2.75) is 44.9 Å². The largest absolute Gasteiger partial charge is 0.481 e. The molecule has 0 saturated heterocycles. The van der Waals surface area contributed by atoms with Crippen molar-refractivity contribution in [3.63, 3.8) is 0 Å². The van der Waals surface area contributed by atoms with Gasteiger partial charge in [0.05, 0.1) is 12.1 Å². The molecule has 2 rings (SSSR count). The number of carbonyl (C=O) groups excluding carboxylic acids is 1. The monoisotopic (exact) mass is 318 g/mol. The molecule has 0 aromatic heterocycles. The molecule has 1 saturated carbocycles. The second-order valence-corrected chi connectivity index (χ2v) is 5.84. The van der Waals surface area contributed by atoms with Crippen LogP contribution in [0.1, 0.15) is 50.5 Å². The molecule has 1 amide bonds. The number of anilines is 1. The van der Waals surface area contributed by atoms with Gasteiger partial charge in [-0.05, 0) is 30.5 Å². The van der Waals surface area contributed by atoms with Crippen LogP contribution in [0.4, 0.5) is 5.69 Å². The summed E-state index contributed by atoms with van der Waals surface area (Å²) < 4.78 is 0. The van der Waals surface area contributed by atoms with E-state index in [0.717, 1.165) is 25.7 Å². The Hall–Kier alpha value is -2.37. The van der Waals surface area contributed by atoms with Crippen molar-refractivity contribution in [2.24, 2.45) is 11.1 Å². The van der Waals surface area contributed by atoms with Crippen LogP contribution in [0.5, 0.6) is 0 Å². The van der Waals surface area contributed by atoms with Crippen LogP contribution in [0.15, 0.2) is 29.4 Å². The summed E-state index contributed by atoms with van der Waals surface area (Å²) in [4.78, 5) is 22.8. The number of carboxylic acids is 1. The molecule has 124 valence electrons. The van der Waals surface area contributed by atoms with Gasteiger partial charge < -0.3 is 15.6 Å². The molecule has 6 heteroatoms. The number of aliphatic carboxylic acids is 1. The number of benzene rings is 1. The molecule has 0 radical (unpaired) electrons. The Labute approximate surface area is 135 Å². The van der Waals surface area contributed by atoms with Crippen LogP contribution in [0.25, 0.3) is 0 Å². The smallest absolute Gasteiger partial charge is 0.303 e. The number of nitrogens with zero attached hydrogens (tertiary/aromatic N) is 1. The lowest BCUT2D eigenvalue weighted by atomic mass is 9.88. The van der Waals surface area contributed by atoms with Gasteiger partial charge in [0.15, 0.2) is 0 Å². The van der Waals surface area contributed by atoms with Crippen molar-refractivity contribution < 1.29 is 19.9 Å². The summed E-state index contributed by atoms with van der Waals surface area (Å²) in [7, 11) is 0. The minimum absolute atomic E-state index is 0.0550. The standard InChI is InChI=1S/C17H22N2O4/c20-16(21)11-10-15(19-23)12-6-8-14(9-7-12)18-17(22)13-4-2-1-3-5-13/h6-9,13,23H,1-5,10-11H2,(H,18,22)(H,20,21)/b19-15+. The molecule has 1 aliphatic carbocycles. The van der Waals surface area contributed by atoms with Crippen LogP contribution in [0.3, 0.4) is 0 Å². The summed E-state index contributed by atoms with van der Waals surface area (Å²) in [6.07, 6.45) is 5.37. The fraction of sp³-hybridized carbons (Fsp3) is 0.471. The maximum atomic E-state index is 12.2. The molecule has 6 nitrogen and oxygen atoms in total. The SMILES string of the molecule is O=C(O)CC/C(=N\O)c1ccc(NC(=O)C2CCCCC2)cc1. The lowest BCUT2D eigenvalue weighted by Gasteiger charge is -2.20. The van der Waals surface area contributed by atoms with Crippen LogP contribution < -0.4 is 5.32 Å². The molecule has 1 aliphatic rings. The van der Waals surface area contributed by atoms with E-state index in [4.69, 9.17) is 10.3 Å². The van der Waals surface area contributed by atoms with E-state index in [2.05, 4.69) is 10.5 Å². The highest BCUT2D eigenvalue weighted by atomic mass is 16.4. The van der Waals surface area contributed by atoms with Gasteiger partial charge >= 0.3 is 5.97 Å². The minimum Gasteiger partial charge on any atom is -0.481 e. The third-order valence-corrected chi connectivity index (χ3v) is 4.16. The molecule has 23 heavy (non-hydrogen) atoms. The number of nitrogens with one attached hydrogen (secondary N) is 1. The number of amides is 1. The Morgan fingerprint density at radius 2 is 1.74 bits per heavy atom. The second kappa shape index (κ2) is 8.31. The van der Waals surface area contributed by atoms with Crippen molar-refractivity contribution >= 4 is 23.3 Å². The van der Waals surface area contributed by atoms with E-state index in [1.165, 1.54) is 6.42 Å². The topological polar surface area (TPSA) is 99.0 Å². The molecular weight excluding hydrogens is 296 g/mol. The van der Waals surface area contributed by atoms with Gasteiger partial charge in [-0.15, -0.1) is 0 Å². The molecule has 0 heterocycles. The van der Waals surface area contributed by atoms with Gasteiger partial charge in [-0.2, -0.15) is 0 Å². The molecule has 3 N–H and O–H groups in total. The summed E-state index contributed by atoms with van der Waals surface area (Å²) in [5.41, 5.74) is 1.65. The highest BCUT2D eigenvalue weighted by molar-refractivity contribution is 6.02. The van der Waals surface area contributed by atoms with E-state index in [0.29, 0.717) is 17.0 Å². The van der Waals surface area contributed by atoms with Gasteiger partial charge in [0, 0.05) is 18.0 Å². The first-order valence-electron chi connectivity index (χ1n) is 7.94. The van der Waals surface area contributed by atoms with E-state index in [-0.39, 0.29) is 24.7 Å². The Kier molecular flexibility index (Phi) is 6.14. The Morgan fingerprint density at radius 3 is 2.30 bits per heavy atom. The first kappa shape index (κ1) is 17.0. The molecule has 1 fully saturated rings. The van der Waals surface area contributed by atoms with Crippen molar-refractivity contribution in [2.75, 3.05) is 5.32 Å². The zero-order chi connectivity index (χ0) is 16.7. The lowest BCUT2D eigenvalue weighted by Crippen LogP contribution is -2.24. The van der Waals surface area contributed by atoms with Crippen molar-refractivity contribution in [3.05, 3.63) is 29.8 Å². The first-order valence-corrected chi connectivity index (χ1v) is 7.94. The van der Waals surface area contributed by atoms with Crippen molar-refractivity contribution in [1.82, 2.24) is 0 Å². The maximum absolute atomic E-state index is 12.2. The first-order chi connectivity index (χ1) is 11.1. The second-order valence-electron chi connectivity index (χ2n) is 5.84. The van der Waals surface area contributed by atoms with Crippen LogP contribution in [-0.4, -0.2) is 27.9 Å². The van der Waals surface area contributed by atoms with Crippen LogP contribution >= 0.6 is 0 Å². The van der Waals surface area contributed by atoms with Gasteiger partial charge in [0.1, 0.15) is 0 Å². The fourth-order valence-corrected chi connectivity index (χ4v) is 2.83. The number of hydrogen-bond acceptors (Lipinski definition) is 4. The highest BCUT2D eigenvalue weighted by Gasteiger charge is 2.21. The predicted molar refractivity (Wildman–Crippen MR) is 86.8 cm³/mol. The summed E-state index contributed by atoms with van der Waals surface area (Å²) in [5, 5.41) is 23.8. The summed E-state index contributed by atoms with van der Waals surface area (Å²) in [6, 6.07) is 6.91. The summed E-state index contributed by atoms with van der Waals surface area (Å²) in [6.45, 7) is 0. The van der Waals surface area contributed by atoms with Gasteiger partial charge in [0.25, 0.3) is 0 Å². The number of hydrogen-bond donors (Lipinski definition) is 3. The highest BCUT2D eigenvalue weighted by Crippen LogP contribution is 2.25. The number of carbonyl (C=O) groups is 2. The van der Waals surface area contributed by atoms with Gasteiger partial charge in [-0.25, -0.2) is 0 Å². The lowest BCUT2D eigenvalue weighted by molar-refractivity contribution is -0.136. The molecule has 0 unspecified atom stereocenters. The number of rotatable bonds is 6. The quantitative estimate of drug-likeness (QED) is 0.426. The van der Waals surface area contributed by atoms with E-state index >= 15 is 0 Å². The molecule has 1 aromatic carbocycles. The predicted octanol–water partition coefficient (Wildman–Crippen LogP) is 3.25. The van der Waals surface area contributed by atoms with Gasteiger partial charge in [-0.1, -0.05) is 36.6 Å². The molecular formula is C17H22N2O4. The average molecular weight is 318 g/mol. The zero-order valence-electron chi connectivity index (χ0n) is 13.0. The fourth-order valence-electron chi connectivity index (χ4n) is 2.83. The van der Waals surface area contributed by atoms with E-state index < -0.39 is 5.97 Å². The van der Waals surface area contributed by atoms with Crippen LogP contribution in [0, 0.1) is 5.92 Å². The zero-order valence-corrected chi connectivity index (χ0v) is 13.0. The minimum atomic E-state index is -0.942. The summed E-state index contributed by atoms with van der Waals surface area (Å²) >= 11 is 0. The molecule has 0 bridgehead atoms. The molecule has 0 atom stereocenters. The van der Waals surface area contributed by atoms with Crippen LogP contribution in [0.2, 0.25) is 0 Å². The molecule has 0 aliphatic heterocycles. The van der Waals surface area contributed by atoms with E-state index in [9.17, 15) is 9.59 Å². The average Bonchev–Trinajstić information content (AvgIpc) is 2.57. The van der Waals surface area contributed by atoms with Gasteiger partial charge in [-0.3, -0.25) is 9.59 Å². The Morgan fingerprint density at radius 1 is 1.09 bits per heavy atom. The molecule has 1 aromatic rings. The van der Waals surface area contributed by atoms with E-state index in [1.54, 1.807) is 24.3 Å². The number of oxime groups is 1. The van der Waals surface area contributed by atoms with Crippen LogP contribution in [-0.2, 0) is 9.59 Å². The maximum Gasteiger partial charge on any atom is 0.303 e. The number of carboxylic acid groups (broad SMARTS) is 1. The molecule has 0 spiro atoms. The van der Waals surface area contributed by atoms with Gasteiger partial charge in [0.2, 0.25) is 5.91 Å². The Bertz CT molecular complexity index is 575. The van der Waals surface area contributed by atoms with Crippen molar-refractivity contribution in [3.8, 4) is 0 Å². The normalized spacial score (nSPS) is 16.1. The van der Waals surface area contributed by atoms with E-state index in [1.807, 2.05) is 0 Å². The third kappa shape index (κ3) is 5.09. The third-order valence-electron chi connectivity index (χ3n) is 4.16. The Balaban J connectivity index is 1.95. The summed E-state index contributed by atoms with van der Waals surface area (Å²) in [5.74, 6) is -0.796.